The summed E-state index contributed by atoms with van der Waals surface area (Å²) in [4.78, 5) is 32.6. The highest BCUT2D eigenvalue weighted by Gasteiger charge is 2.45. The molecule has 0 N–H and O–H groups in total. The normalized spacial score (nSPS) is 17.7. The maximum atomic E-state index is 13.3. The van der Waals surface area contributed by atoms with Gasteiger partial charge in [0.25, 0.3) is 0 Å². The summed E-state index contributed by atoms with van der Waals surface area (Å²) in [6.07, 6.45) is 9.46. The molecular weight excluding hydrogens is 350 g/mol. The Morgan fingerprint density at radius 1 is 0.964 bits per heavy atom. The zero-order valence-corrected chi connectivity index (χ0v) is 16.2. The molecule has 1 saturated carbocycles. The summed E-state index contributed by atoms with van der Waals surface area (Å²) in [5.74, 6) is 2.12. The minimum Gasteiger partial charge on any atom is -0.277 e. The third kappa shape index (κ3) is 2.59. The lowest BCUT2D eigenvalue weighted by atomic mass is 9.85. The molecule has 1 aromatic carbocycles. The van der Waals surface area contributed by atoms with Gasteiger partial charge < -0.3 is 0 Å². The predicted octanol–water partition coefficient (Wildman–Crippen LogP) is 4.08. The number of benzene rings is 1. The van der Waals surface area contributed by atoms with E-state index < -0.39 is 5.41 Å². The highest BCUT2D eigenvalue weighted by Crippen LogP contribution is 2.46. The number of carbonyl (C=O) groups excluding carboxylic acids is 1. The summed E-state index contributed by atoms with van der Waals surface area (Å²) in [7, 11) is 0. The van der Waals surface area contributed by atoms with Gasteiger partial charge in [-0.1, -0.05) is 12.1 Å². The number of rotatable bonds is 3. The first-order valence-electron chi connectivity index (χ1n) is 9.55. The fourth-order valence-electron chi connectivity index (χ4n) is 3.73. The van der Waals surface area contributed by atoms with Gasteiger partial charge in [-0.05, 0) is 50.8 Å². The van der Waals surface area contributed by atoms with E-state index in [4.69, 9.17) is 0 Å². The van der Waals surface area contributed by atoms with E-state index in [9.17, 15) is 4.79 Å². The minimum absolute atomic E-state index is 0.0302. The molecule has 0 saturated heterocycles. The number of aromatic nitrogens is 4. The molecule has 0 spiro atoms. The Hall–Kier alpha value is -3.15. The van der Waals surface area contributed by atoms with Crippen LogP contribution in [0.2, 0.25) is 0 Å². The van der Waals surface area contributed by atoms with Gasteiger partial charge in [0.15, 0.2) is 0 Å². The van der Waals surface area contributed by atoms with Gasteiger partial charge in [-0.3, -0.25) is 9.69 Å². The number of carbonyl (C=O) groups is 1. The summed E-state index contributed by atoms with van der Waals surface area (Å²) >= 11 is 0. The molecule has 28 heavy (non-hydrogen) atoms. The van der Waals surface area contributed by atoms with Crippen molar-refractivity contribution in [3.05, 3.63) is 60.2 Å². The van der Waals surface area contributed by atoms with Crippen molar-refractivity contribution in [1.82, 2.24) is 19.9 Å². The Labute approximate surface area is 163 Å². The monoisotopic (exact) mass is 371 g/mol. The SMILES string of the molecule is Cc1ncc(-c2ccc3c(c2)N(c2cnc(C4CC4)nc2)C(=O)C3(C)C)cn1. The van der Waals surface area contributed by atoms with Gasteiger partial charge in [-0.25, -0.2) is 19.9 Å². The van der Waals surface area contributed by atoms with Crippen LogP contribution in [0, 0.1) is 6.92 Å². The van der Waals surface area contributed by atoms with E-state index >= 15 is 0 Å². The number of anilines is 2. The number of nitrogens with zero attached hydrogens (tertiary/aromatic N) is 5. The van der Waals surface area contributed by atoms with Crippen LogP contribution in [0.5, 0.6) is 0 Å². The van der Waals surface area contributed by atoms with Crippen LogP contribution < -0.4 is 4.90 Å². The number of hydrogen-bond acceptors (Lipinski definition) is 5. The third-order valence-corrected chi connectivity index (χ3v) is 5.62. The second-order valence-electron chi connectivity index (χ2n) is 8.09. The Kier molecular flexibility index (Phi) is 3.59. The van der Waals surface area contributed by atoms with Crippen molar-refractivity contribution in [1.29, 1.82) is 0 Å². The topological polar surface area (TPSA) is 71.9 Å². The zero-order valence-electron chi connectivity index (χ0n) is 16.2. The van der Waals surface area contributed by atoms with Crippen molar-refractivity contribution >= 4 is 17.3 Å². The van der Waals surface area contributed by atoms with Crippen LogP contribution in [0.15, 0.2) is 43.0 Å². The highest BCUT2D eigenvalue weighted by molar-refractivity contribution is 6.12. The van der Waals surface area contributed by atoms with Gasteiger partial charge in [0.1, 0.15) is 11.6 Å². The molecular formula is C22H21N5O. The van der Waals surface area contributed by atoms with Crippen LogP contribution in [-0.4, -0.2) is 25.8 Å². The first-order valence-corrected chi connectivity index (χ1v) is 9.55. The molecule has 3 aromatic rings. The van der Waals surface area contributed by atoms with E-state index in [0.717, 1.165) is 46.9 Å². The fourth-order valence-corrected chi connectivity index (χ4v) is 3.73. The largest absolute Gasteiger partial charge is 0.277 e. The Morgan fingerprint density at radius 2 is 1.64 bits per heavy atom. The Balaban J connectivity index is 1.60. The summed E-state index contributed by atoms with van der Waals surface area (Å²) in [5, 5.41) is 0. The summed E-state index contributed by atoms with van der Waals surface area (Å²) in [6, 6.07) is 6.09. The third-order valence-electron chi connectivity index (χ3n) is 5.62. The first-order chi connectivity index (χ1) is 13.4. The van der Waals surface area contributed by atoms with Crippen LogP contribution in [0.25, 0.3) is 11.1 Å². The number of aryl methyl sites for hydroxylation is 1. The Bertz CT molecular complexity index is 1070. The maximum Gasteiger partial charge on any atom is 0.241 e. The average molecular weight is 371 g/mol. The highest BCUT2D eigenvalue weighted by atomic mass is 16.2. The van der Waals surface area contributed by atoms with E-state index in [2.05, 4.69) is 19.9 Å². The molecule has 0 atom stereocenters. The number of amides is 1. The van der Waals surface area contributed by atoms with Crippen molar-refractivity contribution in [3.8, 4) is 11.1 Å². The predicted molar refractivity (Wildman–Crippen MR) is 106 cm³/mol. The molecule has 6 nitrogen and oxygen atoms in total. The molecule has 1 aliphatic carbocycles. The smallest absolute Gasteiger partial charge is 0.241 e. The molecule has 1 aliphatic heterocycles. The second-order valence-corrected chi connectivity index (χ2v) is 8.09. The minimum atomic E-state index is -0.604. The van der Waals surface area contributed by atoms with Crippen molar-refractivity contribution in [3.63, 3.8) is 0 Å². The second kappa shape index (κ2) is 5.92. The standard InChI is InChI=1S/C22H21N5O/c1-13-23-9-16(10-24-13)15-6-7-18-19(8-15)27(21(28)22(18,2)3)17-11-25-20(26-12-17)14-4-5-14/h6-12,14H,4-5H2,1-3H3. The first kappa shape index (κ1) is 17.0. The molecule has 1 amide bonds. The van der Waals surface area contributed by atoms with Crippen LogP contribution in [0.1, 0.15) is 49.8 Å². The summed E-state index contributed by atoms with van der Waals surface area (Å²) in [6.45, 7) is 5.78. The van der Waals surface area contributed by atoms with Crippen molar-refractivity contribution in [2.24, 2.45) is 0 Å². The van der Waals surface area contributed by atoms with Crippen LogP contribution in [-0.2, 0) is 10.2 Å². The lowest BCUT2D eigenvalue weighted by Crippen LogP contribution is -2.33. The van der Waals surface area contributed by atoms with Crippen molar-refractivity contribution < 1.29 is 4.79 Å². The lowest BCUT2D eigenvalue weighted by molar-refractivity contribution is -0.121. The van der Waals surface area contributed by atoms with Crippen molar-refractivity contribution in [2.75, 3.05) is 4.90 Å². The van der Waals surface area contributed by atoms with Crippen molar-refractivity contribution in [2.45, 2.75) is 44.9 Å². The average Bonchev–Trinajstić information content (AvgIpc) is 3.52. The van der Waals surface area contributed by atoms with Gasteiger partial charge in [-0.15, -0.1) is 0 Å². The Morgan fingerprint density at radius 3 is 2.29 bits per heavy atom. The molecule has 1 fully saturated rings. The fraction of sp³-hybridized carbons (Fsp3) is 0.318. The van der Waals surface area contributed by atoms with E-state index in [-0.39, 0.29) is 5.91 Å². The summed E-state index contributed by atoms with van der Waals surface area (Å²) in [5.41, 5.74) is 3.87. The molecule has 140 valence electrons. The maximum absolute atomic E-state index is 13.3. The number of hydrogen-bond donors (Lipinski definition) is 0. The van der Waals surface area contributed by atoms with E-state index in [1.54, 1.807) is 17.3 Å². The van der Waals surface area contributed by atoms with Gasteiger partial charge in [0.2, 0.25) is 5.91 Å². The van der Waals surface area contributed by atoms with Gasteiger partial charge >= 0.3 is 0 Å². The molecule has 0 bridgehead atoms. The molecule has 2 aliphatic rings. The van der Waals surface area contributed by atoms with Crippen LogP contribution in [0.4, 0.5) is 11.4 Å². The van der Waals surface area contributed by atoms with E-state index in [1.165, 1.54) is 0 Å². The van der Waals surface area contributed by atoms with Gasteiger partial charge in [0.05, 0.1) is 29.2 Å². The molecule has 0 unspecified atom stereocenters. The van der Waals surface area contributed by atoms with Crippen LogP contribution >= 0.6 is 0 Å². The molecule has 3 heterocycles. The quantitative estimate of drug-likeness (QED) is 0.694. The van der Waals surface area contributed by atoms with Gasteiger partial charge in [0, 0.05) is 23.9 Å². The summed E-state index contributed by atoms with van der Waals surface area (Å²) < 4.78 is 0. The number of fused-ring (bicyclic) bond motifs is 1. The van der Waals surface area contributed by atoms with E-state index in [0.29, 0.717) is 11.6 Å². The molecule has 0 radical (unpaired) electrons. The molecule has 6 heteroatoms. The lowest BCUT2D eigenvalue weighted by Gasteiger charge is -2.20. The van der Waals surface area contributed by atoms with E-state index in [1.807, 2.05) is 51.4 Å². The molecule has 5 rings (SSSR count). The van der Waals surface area contributed by atoms with Gasteiger partial charge in [-0.2, -0.15) is 0 Å². The van der Waals surface area contributed by atoms with Crippen LogP contribution in [0.3, 0.4) is 0 Å². The zero-order chi connectivity index (χ0) is 19.5. The molecule has 2 aromatic heterocycles.